The minimum Gasteiger partial charge on any atom is -0.394 e. The van der Waals surface area contributed by atoms with Gasteiger partial charge in [0, 0.05) is 13.1 Å². The van der Waals surface area contributed by atoms with Crippen molar-refractivity contribution in [2.24, 2.45) is 0 Å². The molecule has 0 unspecified atom stereocenters. The van der Waals surface area contributed by atoms with Crippen molar-refractivity contribution in [3.05, 3.63) is 35.4 Å². The lowest BCUT2D eigenvalue weighted by Crippen LogP contribution is -2.33. The molecule has 1 atom stereocenters. The molecule has 0 aliphatic heterocycles. The third-order valence-electron chi connectivity index (χ3n) is 2.96. The Morgan fingerprint density at radius 3 is 2.18 bits per heavy atom. The van der Waals surface area contributed by atoms with Crippen LogP contribution < -0.4 is 0 Å². The fourth-order valence-corrected chi connectivity index (χ4v) is 1.80. The van der Waals surface area contributed by atoms with E-state index >= 15 is 0 Å². The third-order valence-corrected chi connectivity index (χ3v) is 2.96. The van der Waals surface area contributed by atoms with Gasteiger partial charge in [0.05, 0.1) is 12.7 Å². The van der Waals surface area contributed by atoms with Crippen LogP contribution in [0.15, 0.2) is 24.3 Å². The first kappa shape index (κ1) is 14.2. The van der Waals surface area contributed by atoms with Crippen molar-refractivity contribution in [3.63, 3.8) is 0 Å². The molecule has 0 spiro atoms. The van der Waals surface area contributed by atoms with Crippen molar-refractivity contribution >= 4 is 0 Å². The maximum absolute atomic E-state index is 9.43. The lowest BCUT2D eigenvalue weighted by molar-refractivity contribution is 0.0584. The minimum absolute atomic E-state index is 0.175. The number of nitrogens with zero attached hydrogens (tertiary/aromatic N) is 1. The van der Waals surface area contributed by atoms with Crippen LogP contribution in [-0.2, 0) is 13.0 Å². The van der Waals surface area contributed by atoms with Gasteiger partial charge in [0.2, 0.25) is 0 Å². The maximum Gasteiger partial charge on any atom is 0.0897 e. The predicted molar refractivity (Wildman–Crippen MR) is 69.9 cm³/mol. The first-order valence-electron chi connectivity index (χ1n) is 6.28. The average Bonchev–Trinajstić information content (AvgIpc) is 2.38. The van der Waals surface area contributed by atoms with Crippen LogP contribution in [0.1, 0.15) is 25.0 Å². The summed E-state index contributed by atoms with van der Waals surface area (Å²) >= 11 is 0. The number of aryl methyl sites for hydroxylation is 1. The van der Waals surface area contributed by atoms with E-state index in [1.165, 1.54) is 11.1 Å². The van der Waals surface area contributed by atoms with E-state index in [0.717, 1.165) is 19.5 Å². The highest BCUT2D eigenvalue weighted by Crippen LogP contribution is 2.08. The van der Waals surface area contributed by atoms with Crippen molar-refractivity contribution < 1.29 is 10.2 Å². The van der Waals surface area contributed by atoms with Crippen LogP contribution in [0.25, 0.3) is 0 Å². The quantitative estimate of drug-likeness (QED) is 0.754. The van der Waals surface area contributed by atoms with E-state index in [1.54, 1.807) is 0 Å². The molecule has 0 radical (unpaired) electrons. The van der Waals surface area contributed by atoms with Crippen LogP contribution in [0, 0.1) is 0 Å². The molecule has 0 bridgehead atoms. The van der Waals surface area contributed by atoms with Crippen LogP contribution in [0.4, 0.5) is 0 Å². The number of likely N-dealkylation sites (N-methyl/N-ethyl adjacent to an activating group) is 1. The van der Waals surface area contributed by atoms with Crippen molar-refractivity contribution in [2.45, 2.75) is 32.9 Å². The van der Waals surface area contributed by atoms with Gasteiger partial charge in [-0.05, 0) is 24.1 Å². The number of aliphatic hydroxyl groups is 2. The summed E-state index contributed by atoms with van der Waals surface area (Å²) in [5, 5.41) is 18.3. The average molecular weight is 237 g/mol. The highest BCUT2D eigenvalue weighted by atomic mass is 16.3. The van der Waals surface area contributed by atoms with E-state index in [1.807, 2.05) is 0 Å². The van der Waals surface area contributed by atoms with Gasteiger partial charge in [0.1, 0.15) is 0 Å². The Kier molecular flexibility index (Phi) is 6.19. The SMILES string of the molecule is CCc1ccc(CN(CC)C[C@H](O)CO)cc1. The van der Waals surface area contributed by atoms with Crippen molar-refractivity contribution in [3.8, 4) is 0 Å². The van der Waals surface area contributed by atoms with Gasteiger partial charge >= 0.3 is 0 Å². The Balaban J connectivity index is 2.54. The molecule has 0 saturated heterocycles. The van der Waals surface area contributed by atoms with Gasteiger partial charge in [0.15, 0.2) is 0 Å². The Bertz CT molecular complexity index is 311. The smallest absolute Gasteiger partial charge is 0.0897 e. The fourth-order valence-electron chi connectivity index (χ4n) is 1.80. The van der Waals surface area contributed by atoms with Crippen LogP contribution in [0.3, 0.4) is 0 Å². The maximum atomic E-state index is 9.43. The highest BCUT2D eigenvalue weighted by Gasteiger charge is 2.09. The summed E-state index contributed by atoms with van der Waals surface area (Å²) in [6.07, 6.45) is 0.408. The molecule has 1 aromatic rings. The van der Waals surface area contributed by atoms with E-state index in [-0.39, 0.29) is 6.61 Å². The molecule has 0 aliphatic carbocycles. The van der Waals surface area contributed by atoms with E-state index in [0.29, 0.717) is 6.54 Å². The molecule has 0 saturated carbocycles. The number of benzene rings is 1. The first-order chi connectivity index (χ1) is 8.19. The molecule has 1 rings (SSSR count). The molecule has 1 aromatic carbocycles. The summed E-state index contributed by atoms with van der Waals surface area (Å²) in [4.78, 5) is 2.13. The van der Waals surface area contributed by atoms with Crippen molar-refractivity contribution in [2.75, 3.05) is 19.7 Å². The molecule has 0 heterocycles. The summed E-state index contributed by atoms with van der Waals surface area (Å²) in [7, 11) is 0. The lowest BCUT2D eigenvalue weighted by atomic mass is 10.1. The first-order valence-corrected chi connectivity index (χ1v) is 6.28. The van der Waals surface area contributed by atoms with Gasteiger partial charge in [0.25, 0.3) is 0 Å². The van der Waals surface area contributed by atoms with Crippen LogP contribution in [0.2, 0.25) is 0 Å². The normalized spacial score (nSPS) is 13.0. The number of hydrogen-bond donors (Lipinski definition) is 2. The van der Waals surface area contributed by atoms with Crippen LogP contribution in [0.5, 0.6) is 0 Å². The molecule has 0 aliphatic rings. The summed E-state index contributed by atoms with van der Waals surface area (Å²) < 4.78 is 0. The summed E-state index contributed by atoms with van der Waals surface area (Å²) in [5.74, 6) is 0. The van der Waals surface area contributed by atoms with E-state index in [9.17, 15) is 5.11 Å². The van der Waals surface area contributed by atoms with Gasteiger partial charge < -0.3 is 10.2 Å². The molecule has 0 aromatic heterocycles. The second-order valence-corrected chi connectivity index (χ2v) is 4.33. The second-order valence-electron chi connectivity index (χ2n) is 4.33. The minimum atomic E-state index is -0.648. The Morgan fingerprint density at radius 2 is 1.71 bits per heavy atom. The molecular formula is C14H23NO2. The Morgan fingerprint density at radius 1 is 1.12 bits per heavy atom. The second kappa shape index (κ2) is 7.43. The lowest BCUT2D eigenvalue weighted by Gasteiger charge is -2.22. The van der Waals surface area contributed by atoms with E-state index < -0.39 is 6.10 Å². The molecule has 0 fully saturated rings. The number of hydrogen-bond acceptors (Lipinski definition) is 3. The molecule has 17 heavy (non-hydrogen) atoms. The molecular weight excluding hydrogens is 214 g/mol. The van der Waals surface area contributed by atoms with Crippen LogP contribution in [-0.4, -0.2) is 40.9 Å². The molecule has 3 nitrogen and oxygen atoms in total. The van der Waals surface area contributed by atoms with E-state index in [4.69, 9.17) is 5.11 Å². The summed E-state index contributed by atoms with van der Waals surface area (Å²) in [5.41, 5.74) is 2.58. The molecule has 3 heteroatoms. The number of aliphatic hydroxyl groups excluding tert-OH is 2. The Hall–Kier alpha value is -0.900. The fraction of sp³-hybridized carbons (Fsp3) is 0.571. The van der Waals surface area contributed by atoms with Gasteiger partial charge in [-0.1, -0.05) is 38.1 Å². The van der Waals surface area contributed by atoms with Gasteiger partial charge in [-0.2, -0.15) is 0 Å². The number of rotatable bonds is 7. The van der Waals surface area contributed by atoms with Crippen LogP contribution >= 0.6 is 0 Å². The Labute approximate surface area is 104 Å². The van der Waals surface area contributed by atoms with Gasteiger partial charge in [-0.3, -0.25) is 4.90 Å². The summed E-state index contributed by atoms with van der Waals surface area (Å²) in [6.45, 7) is 6.23. The van der Waals surface area contributed by atoms with Crippen molar-refractivity contribution in [1.82, 2.24) is 4.90 Å². The topological polar surface area (TPSA) is 43.7 Å². The van der Waals surface area contributed by atoms with Gasteiger partial charge in [-0.15, -0.1) is 0 Å². The molecule has 0 amide bonds. The predicted octanol–water partition coefficient (Wildman–Crippen LogP) is 1.42. The summed E-state index contributed by atoms with van der Waals surface area (Å²) in [6, 6.07) is 8.55. The largest absolute Gasteiger partial charge is 0.394 e. The third kappa shape index (κ3) is 4.86. The van der Waals surface area contributed by atoms with E-state index in [2.05, 4.69) is 43.0 Å². The standard InChI is InChI=1S/C14H23NO2/c1-3-12-5-7-13(8-6-12)9-15(4-2)10-14(17)11-16/h5-8,14,16-17H,3-4,9-11H2,1-2H3/t14-/m0/s1. The molecule has 96 valence electrons. The zero-order chi connectivity index (χ0) is 12.7. The zero-order valence-corrected chi connectivity index (χ0v) is 10.8. The molecule has 2 N–H and O–H groups in total. The zero-order valence-electron chi connectivity index (χ0n) is 10.8. The van der Waals surface area contributed by atoms with Crippen molar-refractivity contribution in [1.29, 1.82) is 0 Å². The monoisotopic (exact) mass is 237 g/mol. The highest BCUT2D eigenvalue weighted by molar-refractivity contribution is 5.22. The van der Waals surface area contributed by atoms with Gasteiger partial charge in [-0.25, -0.2) is 0 Å².